The minimum Gasteiger partial charge on any atom is -0.389 e. The number of carbonyl (C=O) groups excluding carboxylic acids is 1. The van der Waals surface area contributed by atoms with Crippen LogP contribution < -0.4 is 11.1 Å². The van der Waals surface area contributed by atoms with Crippen molar-refractivity contribution in [1.82, 2.24) is 10.3 Å². The molecule has 0 aliphatic heterocycles. The van der Waals surface area contributed by atoms with Gasteiger partial charge in [-0.25, -0.2) is 0 Å². The summed E-state index contributed by atoms with van der Waals surface area (Å²) in [7, 11) is 0. The molecule has 0 bridgehead atoms. The Morgan fingerprint density at radius 3 is 2.43 bits per heavy atom. The number of hydrogen-bond donors (Lipinski definition) is 2. The van der Waals surface area contributed by atoms with Gasteiger partial charge < -0.3 is 11.1 Å². The van der Waals surface area contributed by atoms with Crippen LogP contribution in [0.5, 0.6) is 0 Å². The standard InChI is InChI=1S/C16H17N3OS/c1-10-3-8-14(11(2)19-10)16(20)18-9-12-4-6-13(7-5-12)15(17)21/h3-8H,9H2,1-2H3,(H2,17,21)(H,18,20). The summed E-state index contributed by atoms with van der Waals surface area (Å²) in [5, 5.41) is 2.88. The van der Waals surface area contributed by atoms with E-state index in [2.05, 4.69) is 10.3 Å². The van der Waals surface area contributed by atoms with E-state index in [-0.39, 0.29) is 5.91 Å². The molecule has 1 aromatic heterocycles. The molecule has 0 aliphatic rings. The van der Waals surface area contributed by atoms with Crippen molar-refractivity contribution in [2.75, 3.05) is 0 Å². The molecule has 1 aromatic carbocycles. The van der Waals surface area contributed by atoms with Crippen molar-refractivity contribution in [3.63, 3.8) is 0 Å². The smallest absolute Gasteiger partial charge is 0.253 e. The molecular weight excluding hydrogens is 282 g/mol. The first-order valence-electron chi connectivity index (χ1n) is 6.58. The van der Waals surface area contributed by atoms with Gasteiger partial charge in [-0.05, 0) is 31.5 Å². The van der Waals surface area contributed by atoms with Gasteiger partial charge in [0.25, 0.3) is 5.91 Å². The SMILES string of the molecule is Cc1ccc(C(=O)NCc2ccc(C(N)=S)cc2)c(C)n1. The molecule has 3 N–H and O–H groups in total. The molecule has 2 aromatic rings. The molecule has 0 saturated heterocycles. The number of aromatic nitrogens is 1. The Kier molecular flexibility index (Phi) is 4.65. The second kappa shape index (κ2) is 6.45. The lowest BCUT2D eigenvalue weighted by Crippen LogP contribution is -2.24. The van der Waals surface area contributed by atoms with Crippen LogP contribution in [0, 0.1) is 13.8 Å². The molecule has 0 spiro atoms. The molecule has 2 rings (SSSR count). The van der Waals surface area contributed by atoms with E-state index in [0.29, 0.717) is 17.1 Å². The van der Waals surface area contributed by atoms with Crippen molar-refractivity contribution in [3.05, 3.63) is 64.5 Å². The number of pyridine rings is 1. The lowest BCUT2D eigenvalue weighted by molar-refractivity contribution is 0.0950. The van der Waals surface area contributed by atoms with Crippen LogP contribution in [0.3, 0.4) is 0 Å². The molecule has 0 saturated carbocycles. The Bertz CT molecular complexity index is 680. The number of nitrogens with two attached hydrogens (primary N) is 1. The van der Waals surface area contributed by atoms with E-state index in [0.717, 1.165) is 22.5 Å². The first-order valence-corrected chi connectivity index (χ1v) is 6.99. The van der Waals surface area contributed by atoms with Gasteiger partial charge in [-0.3, -0.25) is 9.78 Å². The van der Waals surface area contributed by atoms with Crippen molar-refractivity contribution >= 4 is 23.1 Å². The van der Waals surface area contributed by atoms with Crippen LogP contribution in [0.15, 0.2) is 36.4 Å². The Labute approximate surface area is 129 Å². The number of hydrogen-bond acceptors (Lipinski definition) is 3. The normalized spacial score (nSPS) is 10.2. The van der Waals surface area contributed by atoms with E-state index in [1.165, 1.54) is 0 Å². The van der Waals surface area contributed by atoms with Crippen molar-refractivity contribution in [2.24, 2.45) is 5.73 Å². The van der Waals surface area contributed by atoms with Gasteiger partial charge >= 0.3 is 0 Å². The Balaban J connectivity index is 2.02. The van der Waals surface area contributed by atoms with E-state index in [1.54, 1.807) is 6.07 Å². The maximum Gasteiger partial charge on any atom is 0.253 e. The molecule has 108 valence electrons. The minimum atomic E-state index is -0.126. The zero-order valence-electron chi connectivity index (χ0n) is 12.0. The Hall–Kier alpha value is -2.27. The van der Waals surface area contributed by atoms with E-state index in [9.17, 15) is 4.79 Å². The average molecular weight is 299 g/mol. The fourth-order valence-electron chi connectivity index (χ4n) is 1.99. The summed E-state index contributed by atoms with van der Waals surface area (Å²) in [4.78, 5) is 16.8. The molecule has 4 nitrogen and oxygen atoms in total. The third-order valence-electron chi connectivity index (χ3n) is 3.16. The number of amides is 1. The van der Waals surface area contributed by atoms with Crippen molar-refractivity contribution in [3.8, 4) is 0 Å². The lowest BCUT2D eigenvalue weighted by atomic mass is 10.1. The first kappa shape index (κ1) is 15.1. The minimum absolute atomic E-state index is 0.126. The summed E-state index contributed by atoms with van der Waals surface area (Å²) in [5.74, 6) is -0.126. The van der Waals surface area contributed by atoms with E-state index in [1.807, 2.05) is 44.2 Å². The number of rotatable bonds is 4. The van der Waals surface area contributed by atoms with Crippen LogP contribution >= 0.6 is 12.2 Å². The lowest BCUT2D eigenvalue weighted by Gasteiger charge is -2.08. The average Bonchev–Trinajstić information content (AvgIpc) is 2.45. The number of aryl methyl sites for hydroxylation is 2. The Morgan fingerprint density at radius 1 is 1.19 bits per heavy atom. The highest BCUT2D eigenvalue weighted by Crippen LogP contribution is 2.08. The summed E-state index contributed by atoms with van der Waals surface area (Å²) in [5.41, 5.74) is 9.58. The van der Waals surface area contributed by atoms with Gasteiger partial charge in [-0.2, -0.15) is 0 Å². The molecule has 0 atom stereocenters. The van der Waals surface area contributed by atoms with Crippen molar-refractivity contribution < 1.29 is 4.79 Å². The number of benzene rings is 1. The summed E-state index contributed by atoms with van der Waals surface area (Å²) < 4.78 is 0. The number of carbonyl (C=O) groups is 1. The molecule has 1 amide bonds. The fraction of sp³-hybridized carbons (Fsp3) is 0.188. The molecular formula is C16H17N3OS. The molecule has 0 fully saturated rings. The molecule has 0 radical (unpaired) electrons. The Morgan fingerprint density at radius 2 is 1.86 bits per heavy atom. The third-order valence-corrected chi connectivity index (χ3v) is 3.40. The van der Waals surface area contributed by atoms with Gasteiger partial charge in [-0.1, -0.05) is 36.5 Å². The number of thiocarbonyl (C=S) groups is 1. The van der Waals surface area contributed by atoms with Gasteiger partial charge in [0.15, 0.2) is 0 Å². The third kappa shape index (κ3) is 3.86. The number of nitrogens with zero attached hydrogens (tertiary/aromatic N) is 1. The fourth-order valence-corrected chi connectivity index (χ4v) is 2.13. The van der Waals surface area contributed by atoms with Crippen molar-refractivity contribution in [2.45, 2.75) is 20.4 Å². The van der Waals surface area contributed by atoms with E-state index >= 15 is 0 Å². The van der Waals surface area contributed by atoms with Crippen LogP contribution in [0.4, 0.5) is 0 Å². The molecule has 0 unspecified atom stereocenters. The monoisotopic (exact) mass is 299 g/mol. The van der Waals surface area contributed by atoms with Crippen LogP contribution in [-0.4, -0.2) is 15.9 Å². The zero-order valence-corrected chi connectivity index (χ0v) is 12.8. The first-order chi connectivity index (χ1) is 9.97. The van der Waals surface area contributed by atoms with Gasteiger partial charge in [0.1, 0.15) is 4.99 Å². The van der Waals surface area contributed by atoms with Crippen LogP contribution in [-0.2, 0) is 6.54 Å². The predicted octanol–water partition coefficient (Wildman–Crippen LogP) is 2.26. The second-order valence-corrected chi connectivity index (χ2v) is 5.27. The highest BCUT2D eigenvalue weighted by atomic mass is 32.1. The van der Waals surface area contributed by atoms with Crippen LogP contribution in [0.1, 0.15) is 32.9 Å². The maximum atomic E-state index is 12.1. The summed E-state index contributed by atoms with van der Waals surface area (Å²) >= 11 is 4.90. The quantitative estimate of drug-likeness (QED) is 0.850. The van der Waals surface area contributed by atoms with E-state index < -0.39 is 0 Å². The van der Waals surface area contributed by atoms with Gasteiger partial charge in [0.05, 0.1) is 11.3 Å². The van der Waals surface area contributed by atoms with E-state index in [4.69, 9.17) is 18.0 Å². The second-order valence-electron chi connectivity index (χ2n) is 4.83. The largest absolute Gasteiger partial charge is 0.389 e. The maximum absolute atomic E-state index is 12.1. The van der Waals surface area contributed by atoms with Crippen molar-refractivity contribution in [1.29, 1.82) is 0 Å². The highest BCUT2D eigenvalue weighted by molar-refractivity contribution is 7.80. The van der Waals surface area contributed by atoms with Gasteiger partial charge in [0, 0.05) is 17.8 Å². The van der Waals surface area contributed by atoms with Gasteiger partial charge in [0.2, 0.25) is 0 Å². The summed E-state index contributed by atoms with van der Waals surface area (Å²) in [6.45, 7) is 4.18. The molecule has 0 aliphatic carbocycles. The van der Waals surface area contributed by atoms with Crippen LogP contribution in [0.2, 0.25) is 0 Å². The highest BCUT2D eigenvalue weighted by Gasteiger charge is 2.09. The summed E-state index contributed by atoms with van der Waals surface area (Å²) in [6, 6.07) is 11.1. The van der Waals surface area contributed by atoms with Gasteiger partial charge in [-0.15, -0.1) is 0 Å². The predicted molar refractivity (Wildman–Crippen MR) is 87.2 cm³/mol. The zero-order chi connectivity index (χ0) is 15.4. The topological polar surface area (TPSA) is 68.0 Å². The summed E-state index contributed by atoms with van der Waals surface area (Å²) in [6.07, 6.45) is 0. The molecule has 21 heavy (non-hydrogen) atoms. The molecule has 5 heteroatoms. The van der Waals surface area contributed by atoms with Crippen LogP contribution in [0.25, 0.3) is 0 Å². The molecule has 1 heterocycles. The number of nitrogens with one attached hydrogen (secondary N) is 1.